The molecule has 0 unspecified atom stereocenters. The minimum Gasteiger partial charge on any atom is -0.456 e. The lowest BCUT2D eigenvalue weighted by molar-refractivity contribution is -0.150. The van der Waals surface area contributed by atoms with Gasteiger partial charge >= 0.3 is 5.97 Å². The third-order valence-electron chi connectivity index (χ3n) is 1.91. The van der Waals surface area contributed by atoms with E-state index in [1.165, 1.54) is 6.92 Å². The van der Waals surface area contributed by atoms with Crippen LogP contribution in [0.2, 0.25) is 0 Å². The molecule has 1 aliphatic rings. The van der Waals surface area contributed by atoms with Crippen LogP contribution < -0.4 is 0 Å². The molecule has 0 aromatic heterocycles. The molecule has 3 nitrogen and oxygen atoms in total. The van der Waals surface area contributed by atoms with Gasteiger partial charge in [0.2, 0.25) is 0 Å². The summed E-state index contributed by atoms with van der Waals surface area (Å²) in [4.78, 5) is 23.6. The van der Waals surface area contributed by atoms with Gasteiger partial charge in [-0.05, 0) is 45.6 Å². The van der Waals surface area contributed by atoms with Gasteiger partial charge in [0.25, 0.3) is 0 Å². The molecule has 1 heterocycles. The predicted molar refractivity (Wildman–Crippen MR) is 73.1 cm³/mol. The molecule has 0 atom stereocenters. The highest BCUT2D eigenvalue weighted by Gasteiger charge is 2.27. The number of thioether (sulfide) groups is 2. The number of carbonyl (C=O) groups excluding carboxylic acids is 2. The van der Waals surface area contributed by atoms with Gasteiger partial charge in [0.15, 0.2) is 5.78 Å². The molecular weight excluding hydrogens is 256 g/mol. The van der Waals surface area contributed by atoms with Gasteiger partial charge in [-0.1, -0.05) is 0 Å². The smallest absolute Gasteiger partial charge is 0.343 e. The summed E-state index contributed by atoms with van der Waals surface area (Å²) in [5, 5.41) is 0. The first kappa shape index (κ1) is 14.6. The van der Waals surface area contributed by atoms with Crippen LogP contribution >= 0.6 is 23.5 Å². The summed E-state index contributed by atoms with van der Waals surface area (Å²) in [6.07, 6.45) is 1.11. The highest BCUT2D eigenvalue weighted by Crippen LogP contribution is 2.37. The lowest BCUT2D eigenvalue weighted by atomic mass is 10.1. The monoisotopic (exact) mass is 274 g/mol. The zero-order valence-corrected chi connectivity index (χ0v) is 12.3. The third kappa shape index (κ3) is 4.76. The molecule has 0 aromatic carbocycles. The Hall–Kier alpha value is -0.420. The van der Waals surface area contributed by atoms with Crippen molar-refractivity contribution in [2.45, 2.75) is 39.7 Å². The molecule has 0 spiro atoms. The standard InChI is InChI=1S/C12H18O3S2/c1-8(13)9(10(14)15-12(2,3)4)11-16-6-5-7-17-11/h5-7H2,1-4H3. The quantitative estimate of drug-likeness (QED) is 0.335. The fourth-order valence-electron chi connectivity index (χ4n) is 1.27. The Morgan fingerprint density at radius 1 is 1.18 bits per heavy atom. The Morgan fingerprint density at radius 2 is 1.71 bits per heavy atom. The Labute approximate surface area is 111 Å². The van der Waals surface area contributed by atoms with E-state index in [-0.39, 0.29) is 11.4 Å². The van der Waals surface area contributed by atoms with E-state index in [4.69, 9.17) is 4.74 Å². The first-order chi connectivity index (χ1) is 7.81. The normalized spacial score (nSPS) is 16.6. The maximum Gasteiger partial charge on any atom is 0.343 e. The Kier molecular flexibility index (Phi) is 5.13. The van der Waals surface area contributed by atoms with Crippen molar-refractivity contribution in [1.82, 2.24) is 0 Å². The molecule has 0 N–H and O–H groups in total. The second-order valence-electron chi connectivity index (χ2n) is 4.77. The van der Waals surface area contributed by atoms with Gasteiger partial charge in [-0.3, -0.25) is 4.79 Å². The molecule has 0 bridgehead atoms. The summed E-state index contributed by atoms with van der Waals surface area (Å²) in [6, 6.07) is 0. The topological polar surface area (TPSA) is 43.4 Å². The molecule has 1 saturated heterocycles. The van der Waals surface area contributed by atoms with Gasteiger partial charge in [-0.2, -0.15) is 0 Å². The van der Waals surface area contributed by atoms with Crippen molar-refractivity contribution >= 4 is 35.3 Å². The number of hydrogen-bond donors (Lipinski definition) is 0. The summed E-state index contributed by atoms with van der Waals surface area (Å²) < 4.78 is 6.09. The van der Waals surface area contributed by atoms with Gasteiger partial charge in [0.05, 0.1) is 4.24 Å². The van der Waals surface area contributed by atoms with Crippen LogP contribution in [0.1, 0.15) is 34.1 Å². The molecule has 1 rings (SSSR count). The fourth-order valence-corrected chi connectivity index (χ4v) is 3.98. The number of carbonyl (C=O) groups is 2. The van der Waals surface area contributed by atoms with Crippen LogP contribution in [0.5, 0.6) is 0 Å². The second kappa shape index (κ2) is 5.96. The fraction of sp³-hybridized carbons (Fsp3) is 0.667. The van der Waals surface area contributed by atoms with E-state index < -0.39 is 11.6 Å². The molecular formula is C12H18O3S2. The van der Waals surface area contributed by atoms with E-state index in [1.807, 2.05) is 0 Å². The number of esters is 1. The van der Waals surface area contributed by atoms with Crippen LogP contribution in [0.15, 0.2) is 9.81 Å². The van der Waals surface area contributed by atoms with Gasteiger partial charge in [-0.15, -0.1) is 23.5 Å². The molecule has 5 heteroatoms. The van der Waals surface area contributed by atoms with E-state index >= 15 is 0 Å². The van der Waals surface area contributed by atoms with E-state index in [0.29, 0.717) is 0 Å². The first-order valence-electron chi connectivity index (χ1n) is 5.55. The van der Waals surface area contributed by atoms with E-state index in [9.17, 15) is 9.59 Å². The molecule has 0 saturated carbocycles. The van der Waals surface area contributed by atoms with Gasteiger partial charge in [-0.25, -0.2) is 4.79 Å². The molecule has 17 heavy (non-hydrogen) atoms. The second-order valence-corrected chi connectivity index (χ2v) is 7.24. The van der Waals surface area contributed by atoms with Gasteiger partial charge in [0.1, 0.15) is 11.2 Å². The van der Waals surface area contributed by atoms with Crippen molar-refractivity contribution in [3.8, 4) is 0 Å². The summed E-state index contributed by atoms with van der Waals surface area (Å²) in [5.41, 5.74) is -0.350. The van der Waals surface area contributed by atoms with Crippen LogP contribution in [0.25, 0.3) is 0 Å². The summed E-state index contributed by atoms with van der Waals surface area (Å²) in [5.74, 6) is 1.21. The van der Waals surface area contributed by atoms with Crippen LogP contribution in [-0.2, 0) is 14.3 Å². The maximum atomic E-state index is 12.0. The number of ether oxygens (including phenoxy) is 1. The van der Waals surface area contributed by atoms with E-state index in [0.717, 1.165) is 22.2 Å². The van der Waals surface area contributed by atoms with Crippen molar-refractivity contribution < 1.29 is 14.3 Å². The summed E-state index contributed by atoms with van der Waals surface area (Å²) in [7, 11) is 0. The SMILES string of the molecule is CC(=O)C(C(=O)OC(C)(C)C)=C1SCCCS1. The molecule has 1 fully saturated rings. The number of Topliss-reactive ketones (excluding diaryl/α,β-unsaturated/α-hetero) is 1. The minimum atomic E-state index is -0.567. The highest BCUT2D eigenvalue weighted by atomic mass is 32.2. The highest BCUT2D eigenvalue weighted by molar-refractivity contribution is 8.22. The van der Waals surface area contributed by atoms with Crippen LogP contribution in [-0.4, -0.2) is 28.9 Å². The molecule has 96 valence electrons. The van der Waals surface area contributed by atoms with Gasteiger partial charge in [0, 0.05) is 0 Å². The number of hydrogen-bond acceptors (Lipinski definition) is 5. The zero-order chi connectivity index (χ0) is 13.1. The summed E-state index contributed by atoms with van der Waals surface area (Å²) >= 11 is 3.15. The molecule has 0 aromatic rings. The molecule has 1 aliphatic heterocycles. The van der Waals surface area contributed by atoms with Crippen molar-refractivity contribution in [3.63, 3.8) is 0 Å². The third-order valence-corrected chi connectivity index (χ3v) is 4.54. The van der Waals surface area contributed by atoms with E-state index in [1.54, 1.807) is 44.3 Å². The van der Waals surface area contributed by atoms with Crippen molar-refractivity contribution in [2.75, 3.05) is 11.5 Å². The molecule has 0 aliphatic carbocycles. The lowest BCUT2D eigenvalue weighted by Crippen LogP contribution is -2.27. The van der Waals surface area contributed by atoms with E-state index in [2.05, 4.69) is 0 Å². The number of rotatable bonds is 2. The molecule has 0 radical (unpaired) electrons. The van der Waals surface area contributed by atoms with Crippen molar-refractivity contribution in [1.29, 1.82) is 0 Å². The van der Waals surface area contributed by atoms with Crippen LogP contribution in [0.4, 0.5) is 0 Å². The van der Waals surface area contributed by atoms with Crippen LogP contribution in [0, 0.1) is 0 Å². The average molecular weight is 274 g/mol. The first-order valence-corrected chi connectivity index (χ1v) is 7.52. The average Bonchev–Trinajstić information content (AvgIpc) is 2.15. The number of ketones is 1. The summed E-state index contributed by atoms with van der Waals surface area (Å²) in [6.45, 7) is 6.82. The largest absolute Gasteiger partial charge is 0.456 e. The Morgan fingerprint density at radius 3 is 2.12 bits per heavy atom. The van der Waals surface area contributed by atoms with Crippen LogP contribution in [0.3, 0.4) is 0 Å². The zero-order valence-electron chi connectivity index (χ0n) is 10.7. The lowest BCUT2D eigenvalue weighted by Gasteiger charge is -2.22. The Balaban J connectivity index is 2.93. The molecule has 0 amide bonds. The maximum absolute atomic E-state index is 12.0. The van der Waals surface area contributed by atoms with Crippen molar-refractivity contribution in [3.05, 3.63) is 9.81 Å². The van der Waals surface area contributed by atoms with Gasteiger partial charge < -0.3 is 4.74 Å². The minimum absolute atomic E-state index is 0.212. The predicted octanol–water partition coefficient (Wildman–Crippen LogP) is 3.00. The van der Waals surface area contributed by atoms with Crippen molar-refractivity contribution in [2.24, 2.45) is 0 Å². The Bertz CT molecular complexity index is 345.